The van der Waals surface area contributed by atoms with Crippen molar-refractivity contribution in [1.29, 1.82) is 0 Å². The van der Waals surface area contributed by atoms with Crippen molar-refractivity contribution in [2.24, 2.45) is 0 Å². The quantitative estimate of drug-likeness (QED) is 0.485. The van der Waals surface area contributed by atoms with Gasteiger partial charge in [-0.1, -0.05) is 49.2 Å². The molecule has 0 aliphatic heterocycles. The Bertz CT molecular complexity index is 1160. The van der Waals surface area contributed by atoms with Crippen molar-refractivity contribution in [3.63, 3.8) is 0 Å². The van der Waals surface area contributed by atoms with Gasteiger partial charge >= 0.3 is 0 Å². The topological polar surface area (TPSA) is 86.8 Å². The Hall–Kier alpha value is -2.87. The maximum atomic E-state index is 13.4. The summed E-state index contributed by atoms with van der Waals surface area (Å²) >= 11 is 0. The van der Waals surface area contributed by atoms with Crippen molar-refractivity contribution in [3.05, 3.63) is 65.2 Å². The lowest BCUT2D eigenvalue weighted by atomic mass is 10.1. The maximum Gasteiger partial charge on any atom is 0.242 e. The van der Waals surface area contributed by atoms with Crippen LogP contribution in [0.1, 0.15) is 62.1 Å². The Morgan fingerprint density at radius 2 is 1.75 bits per heavy atom. The van der Waals surface area contributed by atoms with Crippen LogP contribution in [0.4, 0.5) is 5.69 Å². The molecule has 2 amide bonds. The SMILES string of the molecule is Cc1cccc(N(CCCC(=O)N(Cc2ccccc2C)[C@@H](C)C(=O)NC2CCCC2)S(C)(=O)=O)c1. The van der Waals surface area contributed by atoms with Crippen LogP contribution in [0.25, 0.3) is 0 Å². The number of hydrogen-bond acceptors (Lipinski definition) is 4. The van der Waals surface area contributed by atoms with Gasteiger partial charge in [0.15, 0.2) is 0 Å². The molecule has 1 aliphatic rings. The monoisotopic (exact) mass is 513 g/mol. The van der Waals surface area contributed by atoms with Crippen LogP contribution in [0.3, 0.4) is 0 Å². The average molecular weight is 514 g/mol. The van der Waals surface area contributed by atoms with Gasteiger partial charge in [-0.15, -0.1) is 0 Å². The molecule has 0 radical (unpaired) electrons. The minimum atomic E-state index is -3.51. The first-order valence-electron chi connectivity index (χ1n) is 12.7. The summed E-state index contributed by atoms with van der Waals surface area (Å²) < 4.78 is 26.3. The van der Waals surface area contributed by atoms with Crippen molar-refractivity contribution in [2.75, 3.05) is 17.1 Å². The second-order valence-corrected chi connectivity index (χ2v) is 11.8. The van der Waals surface area contributed by atoms with Gasteiger partial charge in [-0.05, 0) is 68.9 Å². The van der Waals surface area contributed by atoms with Gasteiger partial charge in [0, 0.05) is 25.6 Å². The molecule has 1 fully saturated rings. The van der Waals surface area contributed by atoms with Gasteiger partial charge in [0.1, 0.15) is 6.04 Å². The summed E-state index contributed by atoms with van der Waals surface area (Å²) in [5.41, 5.74) is 3.60. The van der Waals surface area contributed by atoms with E-state index in [9.17, 15) is 18.0 Å². The zero-order chi connectivity index (χ0) is 26.3. The average Bonchev–Trinajstić information content (AvgIpc) is 3.33. The number of hydrogen-bond donors (Lipinski definition) is 1. The van der Waals surface area contributed by atoms with Crippen LogP contribution in [0, 0.1) is 13.8 Å². The number of carbonyl (C=O) groups is 2. The molecule has 0 aromatic heterocycles. The van der Waals surface area contributed by atoms with Crippen LogP contribution in [0.5, 0.6) is 0 Å². The summed E-state index contributed by atoms with van der Waals surface area (Å²) in [6, 6.07) is 14.7. The van der Waals surface area contributed by atoms with Crippen molar-refractivity contribution in [2.45, 2.75) is 77.9 Å². The van der Waals surface area contributed by atoms with Crippen LogP contribution < -0.4 is 9.62 Å². The lowest BCUT2D eigenvalue weighted by Gasteiger charge is -2.30. The summed E-state index contributed by atoms with van der Waals surface area (Å²) in [6.45, 7) is 6.20. The Balaban J connectivity index is 1.72. The zero-order valence-electron chi connectivity index (χ0n) is 21.9. The lowest BCUT2D eigenvalue weighted by Crippen LogP contribution is -2.49. The first-order valence-corrected chi connectivity index (χ1v) is 14.6. The fraction of sp³-hybridized carbons (Fsp3) is 0.500. The number of aryl methyl sites for hydroxylation is 2. The molecule has 0 saturated heterocycles. The summed E-state index contributed by atoms with van der Waals surface area (Å²) in [5.74, 6) is -0.300. The Morgan fingerprint density at radius 1 is 1.06 bits per heavy atom. The molecule has 1 saturated carbocycles. The molecule has 196 valence electrons. The molecule has 1 N–H and O–H groups in total. The predicted octanol–water partition coefficient (Wildman–Crippen LogP) is 4.33. The molecular formula is C28H39N3O4S. The number of amides is 2. The molecule has 7 nitrogen and oxygen atoms in total. The maximum absolute atomic E-state index is 13.4. The number of anilines is 1. The normalized spacial score (nSPS) is 14.9. The van der Waals surface area contributed by atoms with Crippen LogP contribution in [0.15, 0.2) is 48.5 Å². The fourth-order valence-corrected chi connectivity index (χ4v) is 5.69. The molecule has 0 bridgehead atoms. The number of benzene rings is 2. The van der Waals surface area contributed by atoms with Crippen LogP contribution >= 0.6 is 0 Å². The summed E-state index contributed by atoms with van der Waals surface area (Å²) in [6.07, 6.45) is 5.85. The number of nitrogens with one attached hydrogen (secondary N) is 1. The van der Waals surface area contributed by atoms with Crippen LogP contribution in [-0.4, -0.2) is 50.0 Å². The molecule has 3 rings (SSSR count). The molecule has 1 atom stereocenters. The van der Waals surface area contributed by atoms with E-state index in [1.54, 1.807) is 17.9 Å². The van der Waals surface area contributed by atoms with Crippen molar-refractivity contribution < 1.29 is 18.0 Å². The van der Waals surface area contributed by atoms with E-state index in [2.05, 4.69) is 5.32 Å². The highest BCUT2D eigenvalue weighted by Gasteiger charge is 2.29. The van der Waals surface area contributed by atoms with Gasteiger partial charge in [-0.3, -0.25) is 13.9 Å². The largest absolute Gasteiger partial charge is 0.352 e. The van der Waals surface area contributed by atoms with E-state index < -0.39 is 16.1 Å². The van der Waals surface area contributed by atoms with E-state index in [0.29, 0.717) is 18.7 Å². The smallest absolute Gasteiger partial charge is 0.242 e. The molecule has 1 aliphatic carbocycles. The first-order chi connectivity index (χ1) is 17.1. The Morgan fingerprint density at radius 3 is 2.39 bits per heavy atom. The number of carbonyl (C=O) groups excluding carboxylic acids is 2. The molecule has 36 heavy (non-hydrogen) atoms. The van der Waals surface area contributed by atoms with Gasteiger partial charge in [-0.2, -0.15) is 0 Å². The highest BCUT2D eigenvalue weighted by atomic mass is 32.2. The van der Waals surface area contributed by atoms with E-state index in [-0.39, 0.29) is 30.8 Å². The van der Waals surface area contributed by atoms with Gasteiger partial charge in [0.05, 0.1) is 11.9 Å². The summed E-state index contributed by atoms with van der Waals surface area (Å²) in [4.78, 5) is 28.1. The van der Waals surface area contributed by atoms with Gasteiger partial charge in [0.25, 0.3) is 0 Å². The van der Waals surface area contributed by atoms with Gasteiger partial charge in [-0.25, -0.2) is 8.42 Å². The van der Waals surface area contributed by atoms with Gasteiger partial charge in [0.2, 0.25) is 21.8 Å². The highest BCUT2D eigenvalue weighted by Crippen LogP contribution is 2.21. The molecule has 8 heteroatoms. The number of sulfonamides is 1. The molecule has 2 aromatic rings. The molecule has 0 unspecified atom stereocenters. The summed E-state index contributed by atoms with van der Waals surface area (Å²) in [5, 5.41) is 3.11. The fourth-order valence-electron chi connectivity index (χ4n) is 4.73. The Kier molecular flexibility index (Phi) is 9.54. The predicted molar refractivity (Wildman–Crippen MR) is 144 cm³/mol. The van der Waals surface area contributed by atoms with Crippen molar-refractivity contribution in [3.8, 4) is 0 Å². The third-order valence-corrected chi connectivity index (χ3v) is 8.11. The van der Waals surface area contributed by atoms with Gasteiger partial charge < -0.3 is 10.2 Å². The third kappa shape index (κ3) is 7.56. The van der Waals surface area contributed by atoms with E-state index in [0.717, 1.165) is 42.4 Å². The minimum absolute atomic E-state index is 0.138. The van der Waals surface area contributed by atoms with E-state index in [1.165, 1.54) is 10.6 Å². The summed E-state index contributed by atoms with van der Waals surface area (Å²) in [7, 11) is -3.51. The Labute approximate surface area is 215 Å². The second-order valence-electron chi connectivity index (χ2n) is 9.89. The molecule has 0 spiro atoms. The number of rotatable bonds is 11. The third-order valence-electron chi connectivity index (χ3n) is 6.91. The van der Waals surface area contributed by atoms with Crippen LogP contribution in [0.2, 0.25) is 0 Å². The van der Waals surface area contributed by atoms with Crippen molar-refractivity contribution in [1.82, 2.24) is 10.2 Å². The minimum Gasteiger partial charge on any atom is -0.352 e. The second kappa shape index (κ2) is 12.4. The molecule has 2 aromatic carbocycles. The molecular weight excluding hydrogens is 474 g/mol. The standard InChI is InChI=1S/C28H39N3O4S/c1-21-11-9-16-26(19-21)31(36(4,34)35)18-10-17-27(32)30(20-24-13-6-5-12-22(24)2)23(3)28(33)29-25-14-7-8-15-25/h5-6,9,11-13,16,19,23,25H,7-8,10,14-15,17-18,20H2,1-4H3,(H,29,33)/t23-/m0/s1. The highest BCUT2D eigenvalue weighted by molar-refractivity contribution is 7.92. The van der Waals surface area contributed by atoms with Crippen LogP contribution in [-0.2, 0) is 26.2 Å². The first kappa shape index (κ1) is 27.7. The van der Waals surface area contributed by atoms with E-state index in [1.807, 2.05) is 56.3 Å². The molecule has 0 heterocycles. The van der Waals surface area contributed by atoms with E-state index in [4.69, 9.17) is 0 Å². The van der Waals surface area contributed by atoms with Crippen molar-refractivity contribution >= 4 is 27.5 Å². The number of nitrogens with zero attached hydrogens (tertiary/aromatic N) is 2. The lowest BCUT2D eigenvalue weighted by molar-refractivity contribution is -0.141. The zero-order valence-corrected chi connectivity index (χ0v) is 22.7. The van der Waals surface area contributed by atoms with E-state index >= 15 is 0 Å².